The highest BCUT2D eigenvalue weighted by atomic mass is 35.5. The number of benzene rings is 1. The van der Waals surface area contributed by atoms with Gasteiger partial charge in [-0.1, -0.05) is 29.3 Å². The minimum absolute atomic E-state index is 0.189. The second-order valence-electron chi connectivity index (χ2n) is 3.14. The van der Waals surface area contributed by atoms with Crippen LogP contribution in [-0.4, -0.2) is 24.4 Å². The number of halogens is 2. The molecule has 0 heterocycles. The van der Waals surface area contributed by atoms with Gasteiger partial charge in [0.1, 0.15) is 0 Å². The van der Waals surface area contributed by atoms with Crippen LogP contribution in [-0.2, 0) is 11.3 Å². The van der Waals surface area contributed by atoms with E-state index in [1.807, 2.05) is 0 Å². The van der Waals surface area contributed by atoms with Crippen molar-refractivity contribution < 1.29 is 9.84 Å². The zero-order valence-corrected chi connectivity index (χ0v) is 9.63. The molecule has 0 aromatic heterocycles. The average Bonchev–Trinajstić information content (AvgIpc) is 2.21. The van der Waals surface area contributed by atoms with Crippen molar-refractivity contribution in [2.45, 2.75) is 12.7 Å². The van der Waals surface area contributed by atoms with Gasteiger partial charge in [-0.3, -0.25) is 0 Å². The van der Waals surface area contributed by atoms with Gasteiger partial charge in [0.05, 0.1) is 19.3 Å². The van der Waals surface area contributed by atoms with E-state index in [0.29, 0.717) is 16.7 Å². The molecule has 0 radical (unpaired) electrons. The topological polar surface area (TPSA) is 55.5 Å². The van der Waals surface area contributed by atoms with E-state index in [9.17, 15) is 0 Å². The monoisotopic (exact) mass is 249 g/mol. The number of hydrogen-bond donors (Lipinski definition) is 2. The summed E-state index contributed by atoms with van der Waals surface area (Å²) >= 11 is 11.7. The third-order valence-electron chi connectivity index (χ3n) is 1.85. The van der Waals surface area contributed by atoms with E-state index in [4.69, 9.17) is 38.8 Å². The first-order chi connectivity index (χ1) is 7.13. The number of rotatable bonds is 5. The fourth-order valence-electron chi connectivity index (χ4n) is 1.01. The Morgan fingerprint density at radius 2 is 2.13 bits per heavy atom. The lowest BCUT2D eigenvalue weighted by molar-refractivity contribution is 0.0329. The number of hydrogen-bond acceptors (Lipinski definition) is 3. The molecule has 1 aromatic carbocycles. The molecule has 15 heavy (non-hydrogen) atoms. The Balaban J connectivity index is 2.44. The van der Waals surface area contributed by atoms with Gasteiger partial charge in [-0.2, -0.15) is 0 Å². The van der Waals surface area contributed by atoms with Gasteiger partial charge in [0, 0.05) is 16.6 Å². The van der Waals surface area contributed by atoms with Crippen molar-refractivity contribution >= 4 is 23.2 Å². The second-order valence-corrected chi connectivity index (χ2v) is 3.98. The van der Waals surface area contributed by atoms with Gasteiger partial charge in [-0.05, 0) is 17.7 Å². The molecule has 0 aliphatic carbocycles. The Hall–Kier alpha value is -0.320. The van der Waals surface area contributed by atoms with Crippen LogP contribution in [0.1, 0.15) is 5.56 Å². The summed E-state index contributed by atoms with van der Waals surface area (Å²) in [4.78, 5) is 0. The summed E-state index contributed by atoms with van der Waals surface area (Å²) in [5.74, 6) is 0. The molecule has 3 nitrogen and oxygen atoms in total. The predicted molar refractivity (Wildman–Crippen MR) is 61.2 cm³/mol. The van der Waals surface area contributed by atoms with Crippen molar-refractivity contribution in [3.8, 4) is 0 Å². The van der Waals surface area contributed by atoms with Crippen molar-refractivity contribution in [3.63, 3.8) is 0 Å². The van der Waals surface area contributed by atoms with Crippen molar-refractivity contribution in [2.75, 3.05) is 13.2 Å². The van der Waals surface area contributed by atoms with E-state index in [2.05, 4.69) is 0 Å². The Labute approximate surface area is 98.7 Å². The molecule has 5 heteroatoms. The lowest BCUT2D eigenvalue weighted by Crippen LogP contribution is -2.25. The molecule has 0 saturated carbocycles. The Morgan fingerprint density at radius 3 is 2.73 bits per heavy atom. The SMILES string of the molecule is NC[C@H](O)COCc1ccc(Cl)cc1Cl. The fraction of sp³-hybridized carbons (Fsp3) is 0.400. The minimum Gasteiger partial charge on any atom is -0.389 e. The van der Waals surface area contributed by atoms with Crippen LogP contribution in [0, 0.1) is 0 Å². The lowest BCUT2D eigenvalue weighted by Gasteiger charge is -2.09. The van der Waals surface area contributed by atoms with Crippen LogP contribution in [0.15, 0.2) is 18.2 Å². The summed E-state index contributed by atoms with van der Waals surface area (Å²) in [5, 5.41) is 10.3. The molecule has 3 N–H and O–H groups in total. The van der Waals surface area contributed by atoms with Crippen molar-refractivity contribution in [3.05, 3.63) is 33.8 Å². The van der Waals surface area contributed by atoms with Crippen LogP contribution in [0.5, 0.6) is 0 Å². The van der Waals surface area contributed by atoms with E-state index in [1.165, 1.54) is 0 Å². The van der Waals surface area contributed by atoms with Crippen LogP contribution in [0.3, 0.4) is 0 Å². The van der Waals surface area contributed by atoms with E-state index in [-0.39, 0.29) is 13.2 Å². The maximum atomic E-state index is 9.15. The summed E-state index contributed by atoms with van der Waals surface area (Å²) in [6, 6.07) is 5.19. The first-order valence-corrected chi connectivity index (χ1v) is 5.29. The van der Waals surface area contributed by atoms with E-state index in [0.717, 1.165) is 5.56 Å². The number of nitrogens with two attached hydrogens (primary N) is 1. The van der Waals surface area contributed by atoms with Gasteiger partial charge in [0.2, 0.25) is 0 Å². The molecule has 0 saturated heterocycles. The molecule has 0 spiro atoms. The van der Waals surface area contributed by atoms with Crippen LogP contribution < -0.4 is 5.73 Å². The van der Waals surface area contributed by atoms with Gasteiger partial charge in [-0.25, -0.2) is 0 Å². The van der Waals surface area contributed by atoms with Gasteiger partial charge in [0.25, 0.3) is 0 Å². The molecule has 0 aliphatic heterocycles. The molecule has 1 rings (SSSR count). The number of aliphatic hydroxyl groups excluding tert-OH is 1. The van der Waals surface area contributed by atoms with Crippen LogP contribution >= 0.6 is 23.2 Å². The van der Waals surface area contributed by atoms with Crippen LogP contribution in [0.25, 0.3) is 0 Å². The molecule has 0 fully saturated rings. The average molecular weight is 250 g/mol. The van der Waals surface area contributed by atoms with Gasteiger partial charge in [-0.15, -0.1) is 0 Å². The summed E-state index contributed by atoms with van der Waals surface area (Å²) in [5.41, 5.74) is 6.07. The second kappa shape index (κ2) is 6.30. The molecular formula is C10H13Cl2NO2. The Morgan fingerprint density at radius 1 is 1.40 bits per heavy atom. The molecule has 1 atom stereocenters. The zero-order valence-electron chi connectivity index (χ0n) is 8.12. The smallest absolute Gasteiger partial charge is 0.0895 e. The van der Waals surface area contributed by atoms with Gasteiger partial charge < -0.3 is 15.6 Å². The molecule has 0 unspecified atom stereocenters. The third kappa shape index (κ3) is 4.36. The molecular weight excluding hydrogens is 237 g/mol. The van der Waals surface area contributed by atoms with E-state index >= 15 is 0 Å². The van der Waals surface area contributed by atoms with Crippen molar-refractivity contribution in [1.82, 2.24) is 0 Å². The summed E-state index contributed by atoms with van der Waals surface area (Å²) in [6.45, 7) is 0.733. The van der Waals surface area contributed by atoms with E-state index < -0.39 is 6.10 Å². The van der Waals surface area contributed by atoms with Crippen LogP contribution in [0.2, 0.25) is 10.0 Å². The third-order valence-corrected chi connectivity index (χ3v) is 2.44. The quantitative estimate of drug-likeness (QED) is 0.838. The summed E-state index contributed by atoms with van der Waals surface area (Å²) in [7, 11) is 0. The fourth-order valence-corrected chi connectivity index (χ4v) is 1.47. The predicted octanol–water partition coefficient (Wildman–Crippen LogP) is 1.83. The minimum atomic E-state index is -0.629. The van der Waals surface area contributed by atoms with Crippen molar-refractivity contribution in [2.24, 2.45) is 5.73 Å². The van der Waals surface area contributed by atoms with E-state index in [1.54, 1.807) is 18.2 Å². The molecule has 0 aliphatic rings. The summed E-state index contributed by atoms with van der Waals surface area (Å²) < 4.78 is 5.24. The molecule has 1 aromatic rings. The maximum Gasteiger partial charge on any atom is 0.0895 e. The van der Waals surface area contributed by atoms with Gasteiger partial charge >= 0.3 is 0 Å². The Kier molecular flexibility index (Phi) is 5.36. The molecule has 84 valence electrons. The standard InChI is InChI=1S/C10H13Cl2NO2/c11-8-2-1-7(10(12)3-8)5-15-6-9(14)4-13/h1-3,9,14H,4-6,13H2/t9-/m0/s1. The number of ether oxygens (including phenoxy) is 1. The highest BCUT2D eigenvalue weighted by Gasteiger charge is 2.04. The first kappa shape index (κ1) is 12.7. The van der Waals surface area contributed by atoms with Gasteiger partial charge in [0.15, 0.2) is 0 Å². The lowest BCUT2D eigenvalue weighted by atomic mass is 10.2. The number of aliphatic hydroxyl groups is 1. The highest BCUT2D eigenvalue weighted by molar-refractivity contribution is 6.35. The van der Waals surface area contributed by atoms with Crippen molar-refractivity contribution in [1.29, 1.82) is 0 Å². The highest BCUT2D eigenvalue weighted by Crippen LogP contribution is 2.21. The molecule has 0 amide bonds. The molecule has 0 bridgehead atoms. The largest absolute Gasteiger partial charge is 0.389 e. The maximum absolute atomic E-state index is 9.15. The normalized spacial score (nSPS) is 12.8. The first-order valence-electron chi connectivity index (χ1n) is 4.53. The van der Waals surface area contributed by atoms with Crippen LogP contribution in [0.4, 0.5) is 0 Å². The zero-order chi connectivity index (χ0) is 11.3. The summed E-state index contributed by atoms with van der Waals surface area (Å²) in [6.07, 6.45) is -0.629. The Bertz CT molecular complexity index is 320.